The Balaban J connectivity index is 1.87. The fraction of sp³-hybridized carbons (Fsp3) is 0.167. The Kier molecular flexibility index (Phi) is 3.67. The minimum absolute atomic E-state index is 0.147. The molecular weight excluding hydrogens is 312 g/mol. The lowest BCUT2D eigenvalue weighted by molar-refractivity contribution is -0.118. The minimum Gasteiger partial charge on any atom is -0.295 e. The monoisotopic (exact) mass is 322 g/mol. The number of carbonyl (C=O) groups excluding carboxylic acids is 1. The van der Waals surface area contributed by atoms with Crippen LogP contribution in [0.25, 0.3) is 10.7 Å². The second kappa shape index (κ2) is 5.62. The normalized spacial score (nSPS) is 10.7. The highest BCUT2D eigenvalue weighted by atomic mass is 32.1. The van der Waals surface area contributed by atoms with Crippen LogP contribution in [0, 0.1) is 0 Å². The van der Waals surface area contributed by atoms with E-state index in [1.165, 1.54) is 32.1 Å². The van der Waals surface area contributed by atoms with Gasteiger partial charge in [0, 0.05) is 18.6 Å². The number of rotatable bonds is 4. The molecule has 0 bridgehead atoms. The summed E-state index contributed by atoms with van der Waals surface area (Å²) in [6.07, 6.45) is 1.62. The highest BCUT2D eigenvalue weighted by Gasteiger charge is 2.20. The molecule has 0 aromatic carbocycles. The maximum absolute atomic E-state index is 12.2. The van der Waals surface area contributed by atoms with E-state index in [2.05, 4.69) is 14.7 Å². The lowest BCUT2D eigenvalue weighted by Crippen LogP contribution is -2.32. The molecule has 0 radical (unpaired) electrons. The molecule has 3 aromatic rings. The number of hydrogen-bond acceptors (Lipinski definition) is 7. The minimum atomic E-state index is -0.653. The number of aromatic nitrogens is 3. The van der Waals surface area contributed by atoms with Gasteiger partial charge in [-0.1, -0.05) is 11.2 Å². The molecule has 3 rings (SSSR count). The summed E-state index contributed by atoms with van der Waals surface area (Å²) in [6, 6.07) is 3.65. The first-order valence-electron chi connectivity index (χ1n) is 5.93. The van der Waals surface area contributed by atoms with Crippen LogP contribution < -0.4 is 10.7 Å². The van der Waals surface area contributed by atoms with Crippen LogP contribution in [0.1, 0.15) is 0 Å². The molecular formula is C12H10N4O3S2. The molecule has 0 spiro atoms. The van der Waals surface area contributed by atoms with Crippen molar-refractivity contribution in [3.8, 4) is 10.7 Å². The predicted molar refractivity (Wildman–Crippen MR) is 79.6 cm³/mol. The molecule has 1 amide bonds. The Morgan fingerprint density at radius 3 is 2.95 bits per heavy atom. The second-order valence-electron chi connectivity index (χ2n) is 4.10. The molecule has 0 N–H and O–H groups in total. The summed E-state index contributed by atoms with van der Waals surface area (Å²) >= 11 is 2.77. The molecule has 3 heterocycles. The van der Waals surface area contributed by atoms with E-state index in [0.29, 0.717) is 11.0 Å². The van der Waals surface area contributed by atoms with Crippen molar-refractivity contribution in [2.24, 2.45) is 0 Å². The van der Waals surface area contributed by atoms with Crippen LogP contribution in [-0.4, -0.2) is 27.7 Å². The SMILES string of the molecule is CN(C(=O)Cn1c(-c2cccs2)noc1=O)c1nccs1. The van der Waals surface area contributed by atoms with Crippen LogP contribution in [0.4, 0.5) is 5.13 Å². The van der Waals surface area contributed by atoms with Crippen molar-refractivity contribution in [1.29, 1.82) is 0 Å². The first kappa shape index (κ1) is 13.7. The number of thiophene rings is 1. The van der Waals surface area contributed by atoms with Crippen LogP contribution in [0.15, 0.2) is 38.4 Å². The summed E-state index contributed by atoms with van der Waals surface area (Å²) in [5, 5.41) is 7.95. The summed E-state index contributed by atoms with van der Waals surface area (Å²) in [5.74, 6) is -0.566. The Hall–Kier alpha value is -2.26. The molecule has 108 valence electrons. The zero-order valence-electron chi connectivity index (χ0n) is 10.9. The third-order valence-electron chi connectivity index (χ3n) is 2.80. The van der Waals surface area contributed by atoms with Gasteiger partial charge in [0.1, 0.15) is 6.54 Å². The summed E-state index contributed by atoms with van der Waals surface area (Å²) in [5.41, 5.74) is 0. The summed E-state index contributed by atoms with van der Waals surface area (Å²) in [6.45, 7) is -0.147. The van der Waals surface area contributed by atoms with Crippen LogP contribution >= 0.6 is 22.7 Å². The van der Waals surface area contributed by atoms with E-state index in [4.69, 9.17) is 0 Å². The molecule has 0 fully saturated rings. The van der Waals surface area contributed by atoms with Crippen molar-refractivity contribution in [2.75, 3.05) is 11.9 Å². The van der Waals surface area contributed by atoms with Gasteiger partial charge < -0.3 is 0 Å². The number of hydrogen-bond donors (Lipinski definition) is 0. The van der Waals surface area contributed by atoms with Crippen LogP contribution in [0.3, 0.4) is 0 Å². The highest BCUT2D eigenvalue weighted by molar-refractivity contribution is 7.14. The van der Waals surface area contributed by atoms with Gasteiger partial charge in [-0.25, -0.2) is 14.3 Å². The number of nitrogens with zero attached hydrogens (tertiary/aromatic N) is 4. The van der Waals surface area contributed by atoms with Crippen LogP contribution in [-0.2, 0) is 11.3 Å². The van der Waals surface area contributed by atoms with Gasteiger partial charge in [-0.3, -0.25) is 14.2 Å². The standard InChI is InChI=1S/C12H10N4O3S2/c1-15(11-13-4-6-21-11)9(17)7-16-10(14-19-12(16)18)8-3-2-5-20-8/h2-6H,7H2,1H3. The first-order valence-corrected chi connectivity index (χ1v) is 7.69. The van der Waals surface area contributed by atoms with E-state index in [1.54, 1.807) is 18.6 Å². The van der Waals surface area contributed by atoms with Crippen molar-refractivity contribution in [3.63, 3.8) is 0 Å². The molecule has 0 aliphatic carbocycles. The highest BCUT2D eigenvalue weighted by Crippen LogP contribution is 2.22. The maximum atomic E-state index is 12.2. The van der Waals surface area contributed by atoms with Gasteiger partial charge in [-0.05, 0) is 11.4 Å². The smallest absolute Gasteiger partial charge is 0.295 e. The molecule has 0 aliphatic heterocycles. The van der Waals surface area contributed by atoms with Gasteiger partial charge in [0.05, 0.1) is 4.88 Å². The summed E-state index contributed by atoms with van der Waals surface area (Å²) in [7, 11) is 1.62. The zero-order chi connectivity index (χ0) is 14.8. The first-order chi connectivity index (χ1) is 10.2. The van der Waals surface area contributed by atoms with Crippen LogP contribution in [0.5, 0.6) is 0 Å². The van der Waals surface area contributed by atoms with Gasteiger partial charge >= 0.3 is 5.76 Å². The molecule has 0 aliphatic rings. The molecule has 3 aromatic heterocycles. The fourth-order valence-electron chi connectivity index (χ4n) is 1.72. The van der Waals surface area contributed by atoms with Gasteiger partial charge in [0.2, 0.25) is 5.91 Å². The van der Waals surface area contributed by atoms with E-state index in [0.717, 1.165) is 4.88 Å². The number of thiazole rings is 1. The van der Waals surface area contributed by atoms with Crippen LogP contribution in [0.2, 0.25) is 0 Å². The number of carbonyl (C=O) groups is 1. The molecule has 9 heteroatoms. The zero-order valence-corrected chi connectivity index (χ0v) is 12.6. The average Bonchev–Trinajstić information content (AvgIpc) is 3.20. The van der Waals surface area contributed by atoms with E-state index in [9.17, 15) is 9.59 Å². The number of anilines is 1. The number of amides is 1. The third kappa shape index (κ3) is 2.65. The van der Waals surface area contributed by atoms with Crippen molar-refractivity contribution < 1.29 is 9.32 Å². The Bertz CT molecular complexity index is 789. The number of likely N-dealkylation sites (N-methyl/N-ethyl adjacent to an activating group) is 1. The molecule has 0 saturated carbocycles. The molecule has 21 heavy (non-hydrogen) atoms. The van der Waals surface area contributed by atoms with E-state index < -0.39 is 5.76 Å². The van der Waals surface area contributed by atoms with E-state index >= 15 is 0 Å². The van der Waals surface area contributed by atoms with Crippen molar-refractivity contribution in [3.05, 3.63) is 39.6 Å². The molecule has 0 unspecified atom stereocenters. The predicted octanol–water partition coefficient (Wildman–Crippen LogP) is 1.68. The van der Waals surface area contributed by atoms with Gasteiger partial charge in [-0.2, -0.15) is 0 Å². The lowest BCUT2D eigenvalue weighted by Gasteiger charge is -2.13. The van der Waals surface area contributed by atoms with Crippen molar-refractivity contribution >= 4 is 33.7 Å². The van der Waals surface area contributed by atoms with Gasteiger partial charge in [0.15, 0.2) is 11.0 Å². The fourth-order valence-corrected chi connectivity index (χ4v) is 3.06. The largest absolute Gasteiger partial charge is 0.442 e. The van der Waals surface area contributed by atoms with E-state index in [-0.39, 0.29) is 12.5 Å². The Labute approximate surface area is 127 Å². The molecule has 0 saturated heterocycles. The van der Waals surface area contributed by atoms with E-state index in [1.807, 2.05) is 17.5 Å². The Morgan fingerprint density at radius 2 is 2.29 bits per heavy atom. The maximum Gasteiger partial charge on any atom is 0.442 e. The lowest BCUT2D eigenvalue weighted by atomic mass is 10.4. The molecule has 0 atom stereocenters. The average molecular weight is 322 g/mol. The van der Waals surface area contributed by atoms with Crippen molar-refractivity contribution in [1.82, 2.24) is 14.7 Å². The van der Waals surface area contributed by atoms with Crippen molar-refractivity contribution in [2.45, 2.75) is 6.54 Å². The Morgan fingerprint density at radius 1 is 1.43 bits per heavy atom. The van der Waals surface area contributed by atoms with Gasteiger partial charge in [0.25, 0.3) is 0 Å². The topological polar surface area (TPSA) is 81.2 Å². The second-order valence-corrected chi connectivity index (χ2v) is 5.92. The summed E-state index contributed by atoms with van der Waals surface area (Å²) < 4.78 is 5.89. The third-order valence-corrected chi connectivity index (χ3v) is 4.52. The van der Waals surface area contributed by atoms with Gasteiger partial charge in [-0.15, -0.1) is 22.7 Å². The summed E-state index contributed by atoms with van der Waals surface area (Å²) in [4.78, 5) is 30.2. The molecule has 7 nitrogen and oxygen atoms in total. The quantitative estimate of drug-likeness (QED) is 0.730.